The number of nitrogens with zero attached hydrogens (tertiary/aromatic N) is 1. The molecular weight excluding hydrogens is 268 g/mol. The predicted molar refractivity (Wildman–Crippen MR) is 84.0 cm³/mol. The fourth-order valence-electron chi connectivity index (χ4n) is 1.88. The van der Waals surface area contributed by atoms with E-state index >= 15 is 0 Å². The first-order valence-electron chi connectivity index (χ1n) is 7.25. The smallest absolute Gasteiger partial charge is 0.240 e. The van der Waals surface area contributed by atoms with Gasteiger partial charge in [-0.1, -0.05) is 26.2 Å². The Kier molecular flexibility index (Phi) is 7.94. The molecule has 0 spiro atoms. The Bertz CT molecular complexity index is 473. The summed E-state index contributed by atoms with van der Waals surface area (Å²) in [5.41, 5.74) is 3.28. The number of nitrogens with one attached hydrogen (secondary N) is 1. The van der Waals surface area contributed by atoms with E-state index in [4.69, 9.17) is 9.47 Å². The van der Waals surface area contributed by atoms with Crippen LogP contribution in [0.5, 0.6) is 11.5 Å². The van der Waals surface area contributed by atoms with Crippen LogP contribution in [0, 0.1) is 0 Å². The van der Waals surface area contributed by atoms with Gasteiger partial charge in [-0.05, 0) is 24.6 Å². The number of methoxy groups -OCH3 is 2. The zero-order chi connectivity index (χ0) is 15.5. The number of hydrogen-bond acceptors (Lipinski definition) is 4. The average Bonchev–Trinajstić information content (AvgIpc) is 2.51. The van der Waals surface area contributed by atoms with Crippen molar-refractivity contribution in [1.82, 2.24) is 5.43 Å². The van der Waals surface area contributed by atoms with Gasteiger partial charge >= 0.3 is 0 Å². The summed E-state index contributed by atoms with van der Waals surface area (Å²) in [7, 11) is 3.19. The van der Waals surface area contributed by atoms with Crippen molar-refractivity contribution in [3.63, 3.8) is 0 Å². The lowest BCUT2D eigenvalue weighted by Gasteiger charge is -2.06. The van der Waals surface area contributed by atoms with Gasteiger partial charge in [0.1, 0.15) is 11.5 Å². The van der Waals surface area contributed by atoms with E-state index in [0.717, 1.165) is 31.2 Å². The van der Waals surface area contributed by atoms with Crippen molar-refractivity contribution in [2.45, 2.75) is 39.0 Å². The molecule has 0 heterocycles. The Morgan fingerprint density at radius 1 is 1.24 bits per heavy atom. The maximum atomic E-state index is 11.6. The van der Waals surface area contributed by atoms with Crippen LogP contribution in [0.3, 0.4) is 0 Å². The highest BCUT2D eigenvalue weighted by Crippen LogP contribution is 2.22. The molecule has 1 aromatic rings. The monoisotopic (exact) mass is 292 g/mol. The van der Waals surface area contributed by atoms with Gasteiger partial charge in [-0.25, -0.2) is 5.43 Å². The van der Waals surface area contributed by atoms with Crippen LogP contribution in [0.2, 0.25) is 0 Å². The summed E-state index contributed by atoms with van der Waals surface area (Å²) in [4.78, 5) is 11.6. The molecule has 0 aromatic heterocycles. The van der Waals surface area contributed by atoms with E-state index < -0.39 is 0 Å². The third-order valence-electron chi connectivity index (χ3n) is 3.09. The van der Waals surface area contributed by atoms with Gasteiger partial charge in [0.15, 0.2) is 0 Å². The van der Waals surface area contributed by atoms with E-state index in [1.807, 2.05) is 6.07 Å². The molecule has 5 heteroatoms. The lowest BCUT2D eigenvalue weighted by molar-refractivity contribution is -0.121. The van der Waals surface area contributed by atoms with Crippen LogP contribution in [0.4, 0.5) is 0 Å². The minimum atomic E-state index is -0.0655. The molecule has 1 aromatic carbocycles. The Morgan fingerprint density at radius 3 is 2.71 bits per heavy atom. The molecule has 1 rings (SSSR count). The molecular formula is C16H24N2O3. The molecule has 0 unspecified atom stereocenters. The standard InChI is InChI=1S/C16H24N2O3/c1-4-5-6-7-8-16(19)18-17-12-13-11-14(20-2)9-10-15(13)21-3/h9-12H,4-8H2,1-3H3,(H,18,19). The first-order chi connectivity index (χ1) is 10.2. The number of carbonyl (C=O) groups excluding carboxylic acids is 1. The van der Waals surface area contributed by atoms with Crippen molar-refractivity contribution in [3.8, 4) is 11.5 Å². The van der Waals surface area contributed by atoms with E-state index in [9.17, 15) is 4.79 Å². The van der Waals surface area contributed by atoms with Gasteiger partial charge in [0, 0.05) is 12.0 Å². The minimum absolute atomic E-state index is 0.0655. The lowest BCUT2D eigenvalue weighted by Crippen LogP contribution is -2.16. The van der Waals surface area contributed by atoms with Crippen LogP contribution >= 0.6 is 0 Å². The Labute approximate surface area is 126 Å². The molecule has 0 aliphatic carbocycles. The number of rotatable bonds is 9. The van der Waals surface area contributed by atoms with Crippen molar-refractivity contribution < 1.29 is 14.3 Å². The topological polar surface area (TPSA) is 59.9 Å². The summed E-state index contributed by atoms with van der Waals surface area (Å²) in [5.74, 6) is 1.32. The Balaban J connectivity index is 2.50. The van der Waals surface area contributed by atoms with Crippen molar-refractivity contribution in [3.05, 3.63) is 23.8 Å². The molecule has 5 nitrogen and oxygen atoms in total. The number of carbonyl (C=O) groups is 1. The van der Waals surface area contributed by atoms with Crippen LogP contribution in [0.15, 0.2) is 23.3 Å². The van der Waals surface area contributed by atoms with E-state index in [0.29, 0.717) is 17.9 Å². The molecule has 0 radical (unpaired) electrons. The first kappa shape index (κ1) is 17.0. The molecule has 0 saturated carbocycles. The number of hydrazone groups is 1. The second-order valence-corrected chi connectivity index (χ2v) is 4.71. The largest absolute Gasteiger partial charge is 0.497 e. The van der Waals surface area contributed by atoms with E-state index in [-0.39, 0.29) is 5.91 Å². The summed E-state index contributed by atoms with van der Waals surface area (Å²) in [6.07, 6.45) is 6.37. The quantitative estimate of drug-likeness (QED) is 0.432. The molecule has 0 saturated heterocycles. The van der Waals surface area contributed by atoms with E-state index in [2.05, 4.69) is 17.5 Å². The van der Waals surface area contributed by atoms with Crippen LogP contribution < -0.4 is 14.9 Å². The zero-order valence-corrected chi connectivity index (χ0v) is 13.0. The number of benzene rings is 1. The van der Waals surface area contributed by atoms with Crippen LogP contribution in [0.25, 0.3) is 0 Å². The first-order valence-corrected chi connectivity index (χ1v) is 7.25. The lowest BCUT2D eigenvalue weighted by atomic mass is 10.1. The van der Waals surface area contributed by atoms with Gasteiger partial charge in [0.25, 0.3) is 0 Å². The normalized spacial score (nSPS) is 10.6. The minimum Gasteiger partial charge on any atom is -0.497 e. The highest BCUT2D eigenvalue weighted by molar-refractivity contribution is 5.85. The SMILES string of the molecule is CCCCCCC(=O)NN=Cc1cc(OC)ccc1OC. The van der Waals surface area contributed by atoms with Gasteiger partial charge in [-0.2, -0.15) is 5.10 Å². The fourth-order valence-corrected chi connectivity index (χ4v) is 1.88. The highest BCUT2D eigenvalue weighted by Gasteiger charge is 2.03. The predicted octanol–water partition coefficient (Wildman–Crippen LogP) is 3.12. The van der Waals surface area contributed by atoms with Gasteiger partial charge in [0.2, 0.25) is 5.91 Å². The fraction of sp³-hybridized carbons (Fsp3) is 0.500. The average molecular weight is 292 g/mol. The second-order valence-electron chi connectivity index (χ2n) is 4.71. The van der Waals surface area contributed by atoms with E-state index in [1.54, 1.807) is 32.6 Å². The summed E-state index contributed by atoms with van der Waals surface area (Å²) in [5, 5.41) is 3.96. The second kappa shape index (κ2) is 9.80. The third kappa shape index (κ3) is 6.29. The number of amides is 1. The van der Waals surface area contributed by atoms with Crippen molar-refractivity contribution in [1.29, 1.82) is 0 Å². The van der Waals surface area contributed by atoms with Crippen LogP contribution in [0.1, 0.15) is 44.6 Å². The molecule has 116 valence electrons. The molecule has 0 atom stereocenters. The summed E-state index contributed by atoms with van der Waals surface area (Å²) in [6, 6.07) is 5.41. The molecule has 0 bridgehead atoms. The number of unbranched alkanes of at least 4 members (excludes halogenated alkanes) is 3. The maximum absolute atomic E-state index is 11.6. The summed E-state index contributed by atoms with van der Waals surface area (Å²) < 4.78 is 10.4. The number of ether oxygens (including phenoxy) is 2. The number of hydrogen-bond donors (Lipinski definition) is 1. The molecule has 1 amide bonds. The third-order valence-corrected chi connectivity index (χ3v) is 3.09. The van der Waals surface area contributed by atoms with Crippen LogP contribution in [-0.2, 0) is 4.79 Å². The zero-order valence-electron chi connectivity index (χ0n) is 13.0. The summed E-state index contributed by atoms with van der Waals surface area (Å²) in [6.45, 7) is 2.14. The Hall–Kier alpha value is -2.04. The van der Waals surface area contributed by atoms with E-state index in [1.165, 1.54) is 0 Å². The van der Waals surface area contributed by atoms with Gasteiger partial charge in [0.05, 0.1) is 20.4 Å². The molecule has 0 aliphatic heterocycles. The molecule has 21 heavy (non-hydrogen) atoms. The Morgan fingerprint density at radius 2 is 2.05 bits per heavy atom. The van der Waals surface area contributed by atoms with Gasteiger partial charge in [-0.15, -0.1) is 0 Å². The highest BCUT2D eigenvalue weighted by atomic mass is 16.5. The molecule has 1 N–H and O–H groups in total. The molecule has 0 aliphatic rings. The van der Waals surface area contributed by atoms with Gasteiger partial charge in [-0.3, -0.25) is 4.79 Å². The maximum Gasteiger partial charge on any atom is 0.240 e. The summed E-state index contributed by atoms with van der Waals surface area (Å²) >= 11 is 0. The van der Waals surface area contributed by atoms with Crippen LogP contribution in [-0.4, -0.2) is 26.3 Å². The van der Waals surface area contributed by atoms with Crippen molar-refractivity contribution >= 4 is 12.1 Å². The van der Waals surface area contributed by atoms with Gasteiger partial charge < -0.3 is 9.47 Å². The van der Waals surface area contributed by atoms with Crippen molar-refractivity contribution in [2.24, 2.45) is 5.10 Å². The molecule has 0 fully saturated rings. The van der Waals surface area contributed by atoms with Crippen molar-refractivity contribution in [2.75, 3.05) is 14.2 Å².